The van der Waals surface area contributed by atoms with E-state index in [0.717, 1.165) is 45.6 Å². The molecule has 0 amide bonds. The van der Waals surface area contributed by atoms with E-state index in [2.05, 4.69) is 15.3 Å². The molecule has 7 heteroatoms. The highest BCUT2D eigenvalue weighted by atomic mass is 32.1. The minimum absolute atomic E-state index is 0.653. The summed E-state index contributed by atoms with van der Waals surface area (Å²) in [7, 11) is 3.30. The van der Waals surface area contributed by atoms with Gasteiger partial charge in [0.05, 0.1) is 31.4 Å². The summed E-state index contributed by atoms with van der Waals surface area (Å²) in [6.07, 6.45) is 2.36. The van der Waals surface area contributed by atoms with Gasteiger partial charge in [-0.15, -0.1) is 11.3 Å². The lowest BCUT2D eigenvalue weighted by atomic mass is 10.1. The molecule has 3 rings (SSSR count). The fraction of sp³-hybridized carbons (Fsp3) is 0.300. The first-order valence-corrected chi connectivity index (χ1v) is 9.60. The van der Waals surface area contributed by atoms with Crippen LogP contribution in [0.2, 0.25) is 0 Å². The summed E-state index contributed by atoms with van der Waals surface area (Å²) in [5.74, 6) is 3.17. The molecular formula is C20H23N3O3S. The Hall–Kier alpha value is -2.80. The Bertz CT molecular complexity index is 882. The van der Waals surface area contributed by atoms with Crippen LogP contribution in [-0.2, 0) is 6.42 Å². The summed E-state index contributed by atoms with van der Waals surface area (Å²) in [4.78, 5) is 9.73. The molecule has 0 atom stereocenters. The molecule has 0 fully saturated rings. The zero-order valence-corrected chi connectivity index (χ0v) is 16.5. The number of nitrogens with one attached hydrogen (secondary N) is 1. The van der Waals surface area contributed by atoms with Gasteiger partial charge in [0.1, 0.15) is 17.9 Å². The van der Waals surface area contributed by atoms with Crippen LogP contribution in [0.3, 0.4) is 0 Å². The molecule has 2 heterocycles. The van der Waals surface area contributed by atoms with Crippen molar-refractivity contribution in [2.75, 3.05) is 32.7 Å². The normalized spacial score (nSPS) is 10.5. The van der Waals surface area contributed by atoms with E-state index in [1.165, 1.54) is 0 Å². The van der Waals surface area contributed by atoms with Crippen molar-refractivity contribution in [3.8, 4) is 27.8 Å². The first-order chi connectivity index (χ1) is 13.2. The van der Waals surface area contributed by atoms with Crippen molar-refractivity contribution in [1.82, 2.24) is 9.97 Å². The second kappa shape index (κ2) is 9.23. The van der Waals surface area contributed by atoms with Crippen LogP contribution in [-0.4, -0.2) is 37.3 Å². The second-order valence-electron chi connectivity index (χ2n) is 5.70. The number of thiophene rings is 1. The average molecular weight is 385 g/mol. The van der Waals surface area contributed by atoms with Crippen LogP contribution in [0, 0.1) is 0 Å². The topological polar surface area (TPSA) is 65.5 Å². The van der Waals surface area contributed by atoms with Gasteiger partial charge in [-0.05, 0) is 25.0 Å². The van der Waals surface area contributed by atoms with E-state index < -0.39 is 0 Å². The third kappa shape index (κ3) is 4.68. The highest BCUT2D eigenvalue weighted by molar-refractivity contribution is 7.13. The van der Waals surface area contributed by atoms with Crippen molar-refractivity contribution in [1.29, 1.82) is 0 Å². The predicted molar refractivity (Wildman–Crippen MR) is 108 cm³/mol. The first-order valence-electron chi connectivity index (χ1n) is 8.72. The third-order valence-corrected chi connectivity index (χ3v) is 4.92. The van der Waals surface area contributed by atoms with E-state index in [1.807, 2.05) is 42.6 Å². The molecule has 0 unspecified atom stereocenters. The van der Waals surface area contributed by atoms with Crippen LogP contribution < -0.4 is 19.5 Å². The Morgan fingerprint density at radius 1 is 1.11 bits per heavy atom. The molecular weight excluding hydrogens is 362 g/mol. The number of hydrogen-bond donors (Lipinski definition) is 1. The minimum Gasteiger partial charge on any atom is -0.493 e. The largest absolute Gasteiger partial charge is 0.493 e. The number of methoxy groups -OCH3 is 2. The van der Waals surface area contributed by atoms with Crippen molar-refractivity contribution >= 4 is 17.2 Å². The van der Waals surface area contributed by atoms with Crippen molar-refractivity contribution in [2.24, 2.45) is 0 Å². The Balaban J connectivity index is 1.65. The van der Waals surface area contributed by atoms with Crippen LogP contribution >= 0.6 is 11.3 Å². The summed E-state index contributed by atoms with van der Waals surface area (Å²) in [6, 6.07) is 9.84. The van der Waals surface area contributed by atoms with Gasteiger partial charge in [-0.3, -0.25) is 0 Å². The van der Waals surface area contributed by atoms with Gasteiger partial charge in [0.15, 0.2) is 11.5 Å². The number of aromatic nitrogens is 2. The Kier molecular flexibility index (Phi) is 6.49. The quantitative estimate of drug-likeness (QED) is 0.593. The number of anilines is 1. The summed E-state index contributed by atoms with van der Waals surface area (Å²) in [5.41, 5.74) is 1.96. The minimum atomic E-state index is 0.653. The van der Waals surface area contributed by atoms with Crippen molar-refractivity contribution < 1.29 is 14.2 Å². The monoisotopic (exact) mass is 385 g/mol. The van der Waals surface area contributed by atoms with E-state index in [4.69, 9.17) is 14.2 Å². The maximum absolute atomic E-state index is 5.52. The molecule has 0 saturated carbocycles. The number of ether oxygens (including phenoxy) is 3. The number of nitrogens with zero attached hydrogens (tertiary/aromatic N) is 2. The molecule has 1 aromatic carbocycles. The van der Waals surface area contributed by atoms with Gasteiger partial charge < -0.3 is 19.5 Å². The highest BCUT2D eigenvalue weighted by Crippen LogP contribution is 2.32. The molecule has 0 aliphatic rings. The lowest BCUT2D eigenvalue weighted by molar-refractivity contribution is 0.342. The van der Waals surface area contributed by atoms with Gasteiger partial charge in [0.25, 0.3) is 0 Å². The van der Waals surface area contributed by atoms with Crippen molar-refractivity contribution in [3.05, 3.63) is 47.6 Å². The molecule has 142 valence electrons. The number of para-hydroxylation sites is 1. The van der Waals surface area contributed by atoms with E-state index in [1.54, 1.807) is 31.9 Å². The van der Waals surface area contributed by atoms with E-state index in [0.29, 0.717) is 13.2 Å². The fourth-order valence-corrected chi connectivity index (χ4v) is 3.56. The second-order valence-corrected chi connectivity index (χ2v) is 6.61. The Morgan fingerprint density at radius 2 is 2.00 bits per heavy atom. The van der Waals surface area contributed by atoms with Crippen molar-refractivity contribution in [2.45, 2.75) is 13.3 Å². The molecule has 0 spiro atoms. The van der Waals surface area contributed by atoms with Crippen LogP contribution in [0.15, 0.2) is 42.0 Å². The maximum atomic E-state index is 5.52. The lowest BCUT2D eigenvalue weighted by Crippen LogP contribution is -2.08. The lowest BCUT2D eigenvalue weighted by Gasteiger charge is -2.13. The van der Waals surface area contributed by atoms with Gasteiger partial charge in [0, 0.05) is 24.1 Å². The summed E-state index contributed by atoms with van der Waals surface area (Å²) >= 11 is 1.61. The highest BCUT2D eigenvalue weighted by Gasteiger charge is 2.10. The Morgan fingerprint density at radius 3 is 2.78 bits per heavy atom. The van der Waals surface area contributed by atoms with Gasteiger partial charge in [0.2, 0.25) is 0 Å². The smallest absolute Gasteiger partial charge is 0.163 e. The molecule has 27 heavy (non-hydrogen) atoms. The molecule has 0 aliphatic heterocycles. The molecule has 2 aromatic heterocycles. The molecule has 0 radical (unpaired) electrons. The zero-order valence-electron chi connectivity index (χ0n) is 15.7. The SMILES string of the molecule is CCOc1csc(-c2cc(NCCc3cccc(OC)c3OC)ncn2)c1. The van der Waals surface area contributed by atoms with Gasteiger partial charge in [-0.1, -0.05) is 12.1 Å². The number of rotatable bonds is 9. The standard InChI is InChI=1S/C20H23N3O3S/c1-4-26-15-10-18(27-12-15)16-11-19(23-13-22-16)21-9-8-14-6-5-7-17(24-2)20(14)25-3/h5-7,10-13H,4,8-9H2,1-3H3,(H,21,22,23). The van der Waals surface area contributed by atoms with E-state index >= 15 is 0 Å². The first kappa shape index (κ1) is 19.0. The maximum Gasteiger partial charge on any atom is 0.163 e. The predicted octanol–water partition coefficient (Wildman–Crippen LogP) is 4.28. The number of benzene rings is 1. The van der Waals surface area contributed by atoms with Crippen LogP contribution in [0.5, 0.6) is 17.2 Å². The zero-order chi connectivity index (χ0) is 19.1. The summed E-state index contributed by atoms with van der Waals surface area (Å²) in [6.45, 7) is 3.34. The van der Waals surface area contributed by atoms with Crippen LogP contribution in [0.1, 0.15) is 12.5 Å². The third-order valence-electron chi connectivity index (χ3n) is 3.99. The fourth-order valence-electron chi connectivity index (χ4n) is 2.76. The number of hydrogen-bond acceptors (Lipinski definition) is 7. The van der Waals surface area contributed by atoms with E-state index in [9.17, 15) is 0 Å². The molecule has 0 saturated heterocycles. The van der Waals surface area contributed by atoms with Crippen molar-refractivity contribution in [3.63, 3.8) is 0 Å². The molecule has 0 aliphatic carbocycles. The molecule has 6 nitrogen and oxygen atoms in total. The van der Waals surface area contributed by atoms with Gasteiger partial charge >= 0.3 is 0 Å². The Labute approximate surface area is 163 Å². The van der Waals surface area contributed by atoms with E-state index in [-0.39, 0.29) is 0 Å². The summed E-state index contributed by atoms with van der Waals surface area (Å²) in [5, 5.41) is 5.34. The molecule has 3 aromatic rings. The summed E-state index contributed by atoms with van der Waals surface area (Å²) < 4.78 is 16.4. The van der Waals surface area contributed by atoms with Crippen LogP contribution in [0.25, 0.3) is 10.6 Å². The molecule has 1 N–H and O–H groups in total. The van der Waals surface area contributed by atoms with Gasteiger partial charge in [-0.2, -0.15) is 0 Å². The van der Waals surface area contributed by atoms with Gasteiger partial charge in [-0.25, -0.2) is 9.97 Å². The average Bonchev–Trinajstić information content (AvgIpc) is 3.17. The molecule has 0 bridgehead atoms. The van der Waals surface area contributed by atoms with Crippen LogP contribution in [0.4, 0.5) is 5.82 Å².